The van der Waals surface area contributed by atoms with E-state index in [0.29, 0.717) is 16.9 Å². The molecule has 0 unspecified atom stereocenters. The monoisotopic (exact) mass is 675 g/mol. The molecular formula is C47H50FN3. The molecular weight excluding hydrogens is 626 g/mol. The maximum Gasteiger partial charge on any atom is 0.171 e. The van der Waals surface area contributed by atoms with Gasteiger partial charge in [-0.1, -0.05) is 119 Å². The largest absolute Gasteiger partial charge is 0.306 e. The van der Waals surface area contributed by atoms with Gasteiger partial charge in [0.1, 0.15) is 0 Å². The molecule has 3 nitrogen and oxygen atoms in total. The summed E-state index contributed by atoms with van der Waals surface area (Å²) in [5, 5.41) is 14.8. The fraction of sp³-hybridized carbons (Fsp3) is 0.340. The third-order valence-corrected chi connectivity index (χ3v) is 10.6. The molecule has 7 aromatic rings. The normalized spacial score (nSPS) is 13.2. The minimum absolute atomic E-state index is 0.0532. The lowest BCUT2D eigenvalue weighted by Gasteiger charge is -2.21. The Hall–Kier alpha value is -4.88. The van der Waals surface area contributed by atoms with Gasteiger partial charge < -0.3 is 9.13 Å². The molecule has 0 radical (unpaired) electrons. The zero-order chi connectivity index (χ0) is 37.0. The smallest absolute Gasteiger partial charge is 0.171 e. The first-order valence-corrected chi connectivity index (χ1v) is 18.1. The molecule has 5 aromatic carbocycles. The molecule has 0 spiro atoms. The van der Waals surface area contributed by atoms with Crippen molar-refractivity contribution in [3.8, 4) is 17.4 Å². The minimum Gasteiger partial charge on any atom is -0.306 e. The zero-order valence-electron chi connectivity index (χ0n) is 32.3. The van der Waals surface area contributed by atoms with Crippen LogP contribution < -0.4 is 0 Å². The molecule has 0 amide bonds. The van der Waals surface area contributed by atoms with Crippen LogP contribution in [0.3, 0.4) is 0 Å². The molecule has 0 saturated heterocycles. The van der Waals surface area contributed by atoms with Crippen molar-refractivity contribution in [3.63, 3.8) is 0 Å². The van der Waals surface area contributed by atoms with Gasteiger partial charge in [-0.3, -0.25) is 0 Å². The summed E-state index contributed by atoms with van der Waals surface area (Å²) >= 11 is 0. The van der Waals surface area contributed by atoms with E-state index < -0.39 is 0 Å². The molecule has 260 valence electrons. The molecule has 0 bridgehead atoms. The van der Waals surface area contributed by atoms with E-state index >= 15 is 4.39 Å². The molecule has 0 aliphatic rings. The Bertz CT molecular complexity index is 2400. The predicted octanol–water partition coefficient (Wildman–Crippen LogP) is 13.1. The van der Waals surface area contributed by atoms with E-state index in [4.69, 9.17) is 0 Å². The van der Waals surface area contributed by atoms with Gasteiger partial charge in [-0.2, -0.15) is 5.26 Å². The molecule has 0 atom stereocenters. The number of nitrogens with zero attached hydrogens (tertiary/aromatic N) is 3. The second-order valence-electron chi connectivity index (χ2n) is 18.5. The summed E-state index contributed by atoms with van der Waals surface area (Å²) in [6, 6.07) is 32.0. The van der Waals surface area contributed by atoms with Crippen molar-refractivity contribution in [1.82, 2.24) is 9.13 Å². The molecule has 0 N–H and O–H groups in total. The van der Waals surface area contributed by atoms with Crippen molar-refractivity contribution in [2.75, 3.05) is 0 Å². The predicted molar refractivity (Wildman–Crippen MR) is 215 cm³/mol. The summed E-state index contributed by atoms with van der Waals surface area (Å²) in [6.45, 7) is 26.5. The lowest BCUT2D eigenvalue weighted by Crippen LogP contribution is -2.12. The van der Waals surface area contributed by atoms with Crippen LogP contribution in [-0.4, -0.2) is 9.13 Å². The highest BCUT2D eigenvalue weighted by Gasteiger charge is 2.26. The van der Waals surface area contributed by atoms with Crippen LogP contribution in [0.15, 0.2) is 84.9 Å². The minimum atomic E-state index is -0.367. The Kier molecular flexibility index (Phi) is 7.67. The van der Waals surface area contributed by atoms with Gasteiger partial charge in [0.15, 0.2) is 5.82 Å². The first-order valence-electron chi connectivity index (χ1n) is 18.1. The Morgan fingerprint density at radius 3 is 1.10 bits per heavy atom. The molecule has 2 heterocycles. The first-order chi connectivity index (χ1) is 23.7. The lowest BCUT2D eigenvalue weighted by atomic mass is 9.85. The van der Waals surface area contributed by atoms with Crippen LogP contribution in [0.25, 0.3) is 55.0 Å². The van der Waals surface area contributed by atoms with E-state index in [2.05, 4.69) is 162 Å². The highest BCUT2D eigenvalue weighted by molar-refractivity contribution is 6.11. The molecule has 0 saturated carbocycles. The third-order valence-electron chi connectivity index (χ3n) is 10.6. The topological polar surface area (TPSA) is 33.6 Å². The van der Waals surface area contributed by atoms with Crippen molar-refractivity contribution in [2.45, 2.75) is 105 Å². The number of benzene rings is 5. The SMILES string of the molecule is CC(C)(C)c1ccc2c(c1)c1ccc(C(C)(C)C)cc1n2-c1cc(C#N)cc(-n2c3ccc(C(C)(C)C)cc3c3ccc(C(C)(C)C)cc32)c1F. The van der Waals surface area contributed by atoms with Gasteiger partial charge >= 0.3 is 0 Å². The van der Waals surface area contributed by atoms with Crippen LogP contribution in [-0.2, 0) is 21.7 Å². The molecule has 0 aliphatic heterocycles. The van der Waals surface area contributed by atoms with Gasteiger partial charge in [-0.05, 0) is 92.4 Å². The van der Waals surface area contributed by atoms with Gasteiger partial charge in [-0.15, -0.1) is 0 Å². The van der Waals surface area contributed by atoms with Crippen molar-refractivity contribution in [2.24, 2.45) is 0 Å². The van der Waals surface area contributed by atoms with Gasteiger partial charge in [0.25, 0.3) is 0 Å². The molecule has 2 aromatic heterocycles. The molecule has 51 heavy (non-hydrogen) atoms. The summed E-state index contributed by atoms with van der Waals surface area (Å²) in [5.74, 6) is -0.367. The van der Waals surface area contributed by atoms with Crippen molar-refractivity contribution >= 4 is 43.6 Å². The summed E-state index contributed by atoms with van der Waals surface area (Å²) < 4.78 is 22.0. The highest BCUT2D eigenvalue weighted by Crippen LogP contribution is 2.42. The standard InChI is InChI=1S/C47H50FN3/c1-44(2,3)29-15-19-37-35(23-29)33-17-13-31(46(7,8)9)25-39(33)50(37)41-21-28(27-49)22-42(43(41)48)51-38-20-16-30(45(4,5)6)24-36(38)34-18-14-32(26-40(34)51)47(10,11)12/h13-26H,1-12H3. The molecule has 7 rings (SSSR count). The fourth-order valence-corrected chi connectivity index (χ4v) is 7.41. The second-order valence-corrected chi connectivity index (χ2v) is 18.5. The second kappa shape index (κ2) is 11.3. The number of fused-ring (bicyclic) bond motifs is 6. The van der Waals surface area contributed by atoms with Gasteiger partial charge in [-0.25, -0.2) is 4.39 Å². The van der Waals surface area contributed by atoms with Crippen LogP contribution in [0.4, 0.5) is 4.39 Å². The van der Waals surface area contributed by atoms with E-state index in [-0.39, 0.29) is 27.5 Å². The summed E-state index contributed by atoms with van der Waals surface area (Å²) in [5.41, 5.74) is 9.27. The van der Waals surface area contributed by atoms with Gasteiger partial charge in [0.2, 0.25) is 0 Å². The van der Waals surface area contributed by atoms with Crippen molar-refractivity contribution in [3.05, 3.63) is 119 Å². The first kappa shape index (κ1) is 34.6. The van der Waals surface area contributed by atoms with E-state index in [1.54, 1.807) is 12.1 Å². The van der Waals surface area contributed by atoms with Crippen LogP contribution in [0, 0.1) is 17.1 Å². The summed E-state index contributed by atoms with van der Waals surface area (Å²) in [4.78, 5) is 0. The Labute approximate surface area is 302 Å². The maximum atomic E-state index is 17.9. The Balaban J connectivity index is 1.62. The van der Waals surface area contributed by atoms with Crippen LogP contribution in [0.2, 0.25) is 0 Å². The van der Waals surface area contributed by atoms with E-state index in [9.17, 15) is 5.26 Å². The van der Waals surface area contributed by atoms with Crippen molar-refractivity contribution < 1.29 is 4.39 Å². The van der Waals surface area contributed by atoms with E-state index in [1.165, 1.54) is 22.3 Å². The number of hydrogen-bond donors (Lipinski definition) is 0. The summed E-state index contributed by atoms with van der Waals surface area (Å²) in [6.07, 6.45) is 0. The summed E-state index contributed by atoms with van der Waals surface area (Å²) in [7, 11) is 0. The van der Waals surface area contributed by atoms with Crippen LogP contribution in [0.5, 0.6) is 0 Å². The van der Waals surface area contributed by atoms with Gasteiger partial charge in [0.05, 0.1) is 45.1 Å². The molecule has 0 fully saturated rings. The zero-order valence-corrected chi connectivity index (χ0v) is 32.3. The number of halogens is 1. The Morgan fingerprint density at radius 2 is 0.765 bits per heavy atom. The van der Waals surface area contributed by atoms with Crippen LogP contribution >= 0.6 is 0 Å². The number of hydrogen-bond acceptors (Lipinski definition) is 1. The Morgan fingerprint density at radius 1 is 0.431 bits per heavy atom. The third kappa shape index (κ3) is 5.72. The van der Waals surface area contributed by atoms with E-state index in [1.807, 2.05) is 9.13 Å². The number of aromatic nitrogens is 2. The highest BCUT2D eigenvalue weighted by atomic mass is 19.1. The van der Waals surface area contributed by atoms with Crippen molar-refractivity contribution in [1.29, 1.82) is 5.26 Å². The number of nitriles is 1. The number of rotatable bonds is 2. The van der Waals surface area contributed by atoms with Gasteiger partial charge in [0, 0.05) is 21.5 Å². The average Bonchev–Trinajstić information content (AvgIpc) is 3.54. The lowest BCUT2D eigenvalue weighted by molar-refractivity contribution is 0.590. The average molecular weight is 676 g/mol. The van der Waals surface area contributed by atoms with E-state index in [0.717, 1.165) is 43.6 Å². The molecule has 0 aliphatic carbocycles. The van der Waals surface area contributed by atoms with Crippen LogP contribution in [0.1, 0.15) is 111 Å². The maximum absolute atomic E-state index is 17.9. The quantitative estimate of drug-likeness (QED) is 0.180. The fourth-order valence-electron chi connectivity index (χ4n) is 7.41. The molecule has 4 heteroatoms.